The summed E-state index contributed by atoms with van der Waals surface area (Å²) >= 11 is 0. The number of pyridine rings is 2. The molecule has 26 heavy (non-hydrogen) atoms. The van der Waals surface area contributed by atoms with Gasteiger partial charge in [0.1, 0.15) is 11.4 Å². The van der Waals surface area contributed by atoms with Crippen molar-refractivity contribution in [2.45, 2.75) is 31.7 Å². The third-order valence-electron chi connectivity index (χ3n) is 4.48. The van der Waals surface area contributed by atoms with Gasteiger partial charge in [0.2, 0.25) is 5.95 Å². The van der Waals surface area contributed by atoms with Gasteiger partial charge in [0.15, 0.2) is 0 Å². The first-order chi connectivity index (χ1) is 12.6. The molecule has 134 valence electrons. The number of nitriles is 1. The lowest BCUT2D eigenvalue weighted by Crippen LogP contribution is -2.34. The van der Waals surface area contributed by atoms with Crippen LogP contribution in [-0.4, -0.2) is 21.8 Å². The van der Waals surface area contributed by atoms with Crippen molar-refractivity contribution in [1.82, 2.24) is 9.97 Å². The van der Waals surface area contributed by atoms with Crippen LogP contribution in [0.1, 0.15) is 31.2 Å². The number of aromatic nitrogens is 2. The molecule has 2 unspecified atom stereocenters. The fourth-order valence-corrected chi connectivity index (χ4v) is 3.19. The normalized spacial score (nSPS) is 19.4. The van der Waals surface area contributed by atoms with Gasteiger partial charge in [0.05, 0.1) is 17.7 Å². The van der Waals surface area contributed by atoms with Gasteiger partial charge in [0, 0.05) is 30.2 Å². The number of H-pyrrole nitrogens is 1. The highest BCUT2D eigenvalue weighted by Crippen LogP contribution is 2.27. The molecule has 2 aromatic heterocycles. The second-order valence-electron chi connectivity index (χ2n) is 6.23. The minimum atomic E-state index is -0.679. The Kier molecular flexibility index (Phi) is 5.27. The van der Waals surface area contributed by atoms with Crippen molar-refractivity contribution < 1.29 is 4.39 Å². The van der Waals surface area contributed by atoms with Crippen LogP contribution in [-0.2, 0) is 0 Å². The van der Waals surface area contributed by atoms with Crippen molar-refractivity contribution in [3.05, 3.63) is 52.5 Å². The van der Waals surface area contributed by atoms with Crippen molar-refractivity contribution >= 4 is 17.2 Å². The largest absolute Gasteiger partial charge is 0.380 e. The summed E-state index contributed by atoms with van der Waals surface area (Å²) in [6.45, 7) is 0. The molecule has 8 heteroatoms. The molecule has 1 saturated carbocycles. The third kappa shape index (κ3) is 3.88. The maximum Gasteiger partial charge on any atom is 0.261 e. The third-order valence-corrected chi connectivity index (χ3v) is 4.48. The van der Waals surface area contributed by atoms with Gasteiger partial charge in [-0.15, -0.1) is 0 Å². The summed E-state index contributed by atoms with van der Waals surface area (Å²) in [5.41, 5.74) is 0.482. The van der Waals surface area contributed by atoms with Gasteiger partial charge in [-0.05, 0) is 25.0 Å². The Morgan fingerprint density at radius 1 is 1.38 bits per heavy atom. The molecule has 0 amide bonds. The van der Waals surface area contributed by atoms with Crippen LogP contribution < -0.4 is 16.2 Å². The summed E-state index contributed by atoms with van der Waals surface area (Å²) < 4.78 is 13.2. The fourth-order valence-electron chi connectivity index (χ4n) is 3.19. The lowest BCUT2D eigenvalue weighted by molar-refractivity contribution is 0.388. The van der Waals surface area contributed by atoms with Gasteiger partial charge in [0.25, 0.3) is 5.56 Å². The Morgan fingerprint density at radius 2 is 2.19 bits per heavy atom. The summed E-state index contributed by atoms with van der Waals surface area (Å²) in [4.78, 5) is 18.3. The Labute approximate surface area is 149 Å². The molecule has 2 heterocycles. The first kappa shape index (κ1) is 17.6. The zero-order valence-corrected chi connectivity index (χ0v) is 14.1. The second kappa shape index (κ2) is 7.78. The molecule has 0 aliphatic heterocycles. The van der Waals surface area contributed by atoms with Crippen molar-refractivity contribution in [1.29, 1.82) is 10.7 Å². The number of hydrogen-bond donors (Lipinski definition) is 4. The highest BCUT2D eigenvalue weighted by Gasteiger charge is 2.26. The number of nitrogens with one attached hydrogen (secondary N) is 4. The number of halogens is 1. The van der Waals surface area contributed by atoms with E-state index in [1.807, 2.05) is 0 Å². The standard InChI is InChI=1S/C18H19FN6O/c19-15-9-12(5-7-22-15)24-17(21)16-14(6-8-23-18(16)26)25-13-4-2-1-3-11(13)10-20/h5-9,11,13H,1-4H2,(H2,21,22,24)(H2,23,25,26). The van der Waals surface area contributed by atoms with E-state index < -0.39 is 11.5 Å². The Hall–Kier alpha value is -3.21. The molecule has 1 fully saturated rings. The average molecular weight is 354 g/mol. The maximum absolute atomic E-state index is 13.2. The summed E-state index contributed by atoms with van der Waals surface area (Å²) in [5.74, 6) is -0.973. The van der Waals surface area contributed by atoms with E-state index in [4.69, 9.17) is 5.41 Å². The number of amidine groups is 1. The second-order valence-corrected chi connectivity index (χ2v) is 6.23. The quantitative estimate of drug-likeness (QED) is 0.383. The van der Waals surface area contributed by atoms with Crippen LogP contribution >= 0.6 is 0 Å². The van der Waals surface area contributed by atoms with E-state index in [0.717, 1.165) is 31.7 Å². The fraction of sp³-hybridized carbons (Fsp3) is 0.333. The molecule has 7 nitrogen and oxygen atoms in total. The summed E-state index contributed by atoms with van der Waals surface area (Å²) in [6.07, 6.45) is 6.46. The van der Waals surface area contributed by atoms with Crippen LogP contribution in [0.3, 0.4) is 0 Å². The van der Waals surface area contributed by atoms with Crippen molar-refractivity contribution in [2.24, 2.45) is 5.92 Å². The smallest absolute Gasteiger partial charge is 0.261 e. The van der Waals surface area contributed by atoms with E-state index in [9.17, 15) is 14.4 Å². The predicted octanol–water partition coefficient (Wildman–Crippen LogP) is 2.84. The van der Waals surface area contributed by atoms with E-state index in [-0.39, 0.29) is 23.4 Å². The summed E-state index contributed by atoms with van der Waals surface area (Å²) in [7, 11) is 0. The molecule has 1 aliphatic carbocycles. The number of nitrogens with zero attached hydrogens (tertiary/aromatic N) is 2. The van der Waals surface area contributed by atoms with E-state index in [2.05, 4.69) is 26.7 Å². The van der Waals surface area contributed by atoms with E-state index in [1.165, 1.54) is 18.5 Å². The average Bonchev–Trinajstić information content (AvgIpc) is 2.62. The molecule has 3 rings (SSSR count). The van der Waals surface area contributed by atoms with Gasteiger partial charge in [-0.3, -0.25) is 10.2 Å². The Balaban J connectivity index is 1.86. The van der Waals surface area contributed by atoms with Crippen molar-refractivity contribution in [3.63, 3.8) is 0 Å². The van der Waals surface area contributed by atoms with Gasteiger partial charge >= 0.3 is 0 Å². The van der Waals surface area contributed by atoms with E-state index in [1.54, 1.807) is 6.07 Å². The predicted molar refractivity (Wildman–Crippen MR) is 96.7 cm³/mol. The maximum atomic E-state index is 13.2. The number of rotatable bonds is 4. The monoisotopic (exact) mass is 354 g/mol. The minimum Gasteiger partial charge on any atom is -0.380 e. The molecule has 2 aromatic rings. The SMILES string of the molecule is N#CC1CCCCC1Nc1cc[nH]c(=O)c1C(=N)Nc1ccnc(F)c1. The van der Waals surface area contributed by atoms with Crippen LogP contribution in [0.2, 0.25) is 0 Å². The van der Waals surface area contributed by atoms with Crippen LogP contribution in [0.5, 0.6) is 0 Å². The number of aromatic amines is 1. The van der Waals surface area contributed by atoms with Gasteiger partial charge in [-0.25, -0.2) is 4.98 Å². The zero-order valence-electron chi connectivity index (χ0n) is 14.1. The molecular weight excluding hydrogens is 335 g/mol. The molecule has 0 bridgehead atoms. The summed E-state index contributed by atoms with van der Waals surface area (Å²) in [5, 5.41) is 23.6. The molecule has 4 N–H and O–H groups in total. The molecule has 0 saturated heterocycles. The molecule has 0 spiro atoms. The van der Waals surface area contributed by atoms with Gasteiger partial charge in [-0.1, -0.05) is 12.8 Å². The van der Waals surface area contributed by atoms with Gasteiger partial charge < -0.3 is 15.6 Å². The Morgan fingerprint density at radius 3 is 2.96 bits per heavy atom. The van der Waals surface area contributed by atoms with E-state index >= 15 is 0 Å². The molecule has 1 aliphatic rings. The molecular formula is C18H19FN6O. The first-order valence-electron chi connectivity index (χ1n) is 8.44. The van der Waals surface area contributed by atoms with Crippen molar-refractivity contribution in [2.75, 3.05) is 10.6 Å². The van der Waals surface area contributed by atoms with Crippen LogP contribution in [0.15, 0.2) is 35.4 Å². The Bertz CT molecular complexity index is 903. The van der Waals surface area contributed by atoms with E-state index in [0.29, 0.717) is 11.4 Å². The van der Waals surface area contributed by atoms with Crippen molar-refractivity contribution in [3.8, 4) is 6.07 Å². The molecule has 2 atom stereocenters. The lowest BCUT2D eigenvalue weighted by atomic mass is 9.85. The molecule has 0 radical (unpaired) electrons. The van der Waals surface area contributed by atoms with Crippen LogP contribution in [0.4, 0.5) is 15.8 Å². The lowest BCUT2D eigenvalue weighted by Gasteiger charge is -2.29. The summed E-state index contributed by atoms with van der Waals surface area (Å²) in [6, 6.07) is 6.57. The van der Waals surface area contributed by atoms with Crippen LogP contribution in [0, 0.1) is 28.6 Å². The molecule has 0 aromatic carbocycles. The number of hydrogen-bond acceptors (Lipinski definition) is 5. The topological polar surface area (TPSA) is 117 Å². The number of anilines is 2. The van der Waals surface area contributed by atoms with Gasteiger partial charge in [-0.2, -0.15) is 9.65 Å². The highest BCUT2D eigenvalue weighted by atomic mass is 19.1. The minimum absolute atomic E-state index is 0.0690. The highest BCUT2D eigenvalue weighted by molar-refractivity contribution is 6.09. The van der Waals surface area contributed by atoms with Crippen LogP contribution in [0.25, 0.3) is 0 Å². The zero-order chi connectivity index (χ0) is 18.5. The first-order valence-corrected chi connectivity index (χ1v) is 8.44.